The maximum atomic E-state index is 11.1. The highest BCUT2D eigenvalue weighted by molar-refractivity contribution is 5.76. The molecule has 12 heteroatoms. The number of halogens is 3. The quantitative estimate of drug-likeness (QED) is 0.591. The molecule has 2 aliphatic rings. The summed E-state index contributed by atoms with van der Waals surface area (Å²) in [6.07, 6.45) is -4.11. The minimum atomic E-state index is -5.08. The van der Waals surface area contributed by atoms with Crippen molar-refractivity contribution in [2.24, 2.45) is 0 Å². The van der Waals surface area contributed by atoms with Crippen LogP contribution in [0.5, 0.6) is 5.75 Å². The number of hydrogen-bond acceptors (Lipinski definition) is 7. The number of aliphatic carboxylic acids is 1. The standard InChI is InChI=1S/C13H14N4O3.C2HF3O2/c1-20-12-3-2-10(17(18)19)8(6-14)13(12)16-7-9-11(16)4-5-15-9;3-2(4,5)1(6)7/h2-3,9,11,15H,4-5,7H2,1H3;(H,6,7). The molecule has 0 radical (unpaired) electrons. The Hall–Kier alpha value is -3.07. The fraction of sp³-hybridized carbons (Fsp3) is 0.467. The second kappa shape index (κ2) is 7.67. The molecule has 2 unspecified atom stereocenters. The molecule has 2 fully saturated rings. The average Bonchev–Trinajstić information content (AvgIpc) is 2.94. The van der Waals surface area contributed by atoms with Gasteiger partial charge in [-0.2, -0.15) is 18.4 Å². The van der Waals surface area contributed by atoms with Crippen LogP contribution in [0.15, 0.2) is 12.1 Å². The molecule has 1 aromatic rings. The van der Waals surface area contributed by atoms with Crippen LogP contribution in [0.25, 0.3) is 0 Å². The maximum absolute atomic E-state index is 11.1. The summed E-state index contributed by atoms with van der Waals surface area (Å²) in [6, 6.07) is 5.55. The monoisotopic (exact) mass is 388 g/mol. The lowest BCUT2D eigenvalue weighted by molar-refractivity contribution is -0.385. The van der Waals surface area contributed by atoms with E-state index in [-0.39, 0.29) is 17.3 Å². The number of nitro groups is 1. The molecule has 2 heterocycles. The van der Waals surface area contributed by atoms with Crippen LogP contribution in [0.2, 0.25) is 0 Å². The van der Waals surface area contributed by atoms with Crippen molar-refractivity contribution < 1.29 is 32.7 Å². The van der Waals surface area contributed by atoms with Gasteiger partial charge in [-0.25, -0.2) is 4.79 Å². The summed E-state index contributed by atoms with van der Waals surface area (Å²) in [7, 11) is 1.51. The van der Waals surface area contributed by atoms with Gasteiger partial charge in [-0.15, -0.1) is 0 Å². The number of methoxy groups -OCH3 is 1. The van der Waals surface area contributed by atoms with E-state index in [4.69, 9.17) is 14.6 Å². The molecule has 2 saturated heterocycles. The number of rotatable bonds is 3. The molecular formula is C15H15F3N4O5. The molecule has 146 valence electrons. The fourth-order valence-corrected chi connectivity index (χ4v) is 3.05. The first-order valence-corrected chi connectivity index (χ1v) is 7.67. The third kappa shape index (κ3) is 4.03. The Balaban J connectivity index is 0.000000321. The summed E-state index contributed by atoms with van der Waals surface area (Å²) in [5.41, 5.74) is 0.464. The summed E-state index contributed by atoms with van der Waals surface area (Å²) in [6.45, 7) is 1.68. The van der Waals surface area contributed by atoms with Gasteiger partial charge in [-0.3, -0.25) is 10.1 Å². The number of carbonyl (C=O) groups is 1. The Morgan fingerprint density at radius 3 is 2.59 bits per heavy atom. The van der Waals surface area contributed by atoms with Gasteiger partial charge in [0.25, 0.3) is 5.69 Å². The maximum Gasteiger partial charge on any atom is 0.490 e. The van der Waals surface area contributed by atoms with E-state index in [0.717, 1.165) is 19.5 Å². The SMILES string of the molecule is COc1ccc([N+](=O)[O-])c(C#N)c1N1CC2NCCC21.O=C(O)C(F)(F)F. The number of hydrogen-bond donors (Lipinski definition) is 2. The molecule has 9 nitrogen and oxygen atoms in total. The first kappa shape index (κ1) is 20.2. The number of carboxylic acids is 1. The number of nitrogens with zero attached hydrogens (tertiary/aromatic N) is 3. The zero-order valence-electron chi connectivity index (χ0n) is 14.0. The zero-order valence-corrected chi connectivity index (χ0v) is 14.0. The van der Waals surface area contributed by atoms with Crippen molar-refractivity contribution in [1.29, 1.82) is 5.26 Å². The molecular weight excluding hydrogens is 373 g/mol. The number of alkyl halides is 3. The van der Waals surface area contributed by atoms with E-state index in [9.17, 15) is 28.5 Å². The summed E-state index contributed by atoms with van der Waals surface area (Å²) < 4.78 is 37.0. The van der Waals surface area contributed by atoms with Crippen LogP contribution in [-0.2, 0) is 4.79 Å². The first-order chi connectivity index (χ1) is 12.6. The summed E-state index contributed by atoms with van der Waals surface area (Å²) in [4.78, 5) is 21.5. The number of ether oxygens (including phenoxy) is 1. The minimum Gasteiger partial charge on any atom is -0.495 e. The van der Waals surface area contributed by atoms with E-state index in [1.807, 2.05) is 11.0 Å². The highest BCUT2D eigenvalue weighted by Gasteiger charge is 2.44. The van der Waals surface area contributed by atoms with Gasteiger partial charge in [0.15, 0.2) is 5.56 Å². The largest absolute Gasteiger partial charge is 0.495 e. The Kier molecular flexibility index (Phi) is 5.75. The van der Waals surface area contributed by atoms with Crippen molar-refractivity contribution in [2.45, 2.75) is 24.7 Å². The normalized spacial score (nSPS) is 20.5. The van der Waals surface area contributed by atoms with E-state index in [1.54, 1.807) is 6.07 Å². The fourth-order valence-electron chi connectivity index (χ4n) is 3.05. The van der Waals surface area contributed by atoms with Gasteiger partial charge >= 0.3 is 12.1 Å². The molecule has 27 heavy (non-hydrogen) atoms. The second-order valence-electron chi connectivity index (χ2n) is 5.75. The summed E-state index contributed by atoms with van der Waals surface area (Å²) in [5, 5.41) is 30.9. The Bertz CT molecular complexity index is 793. The van der Waals surface area contributed by atoms with Crippen molar-refractivity contribution in [3.05, 3.63) is 27.8 Å². The van der Waals surface area contributed by atoms with Crippen molar-refractivity contribution in [1.82, 2.24) is 5.32 Å². The Morgan fingerprint density at radius 1 is 1.52 bits per heavy atom. The van der Waals surface area contributed by atoms with Crippen molar-refractivity contribution in [3.63, 3.8) is 0 Å². The predicted molar refractivity (Wildman–Crippen MR) is 85.6 cm³/mol. The van der Waals surface area contributed by atoms with Gasteiger partial charge < -0.3 is 20.1 Å². The van der Waals surface area contributed by atoms with Crippen LogP contribution in [0.4, 0.5) is 24.5 Å². The number of fused-ring (bicyclic) bond motifs is 1. The lowest BCUT2D eigenvalue weighted by Gasteiger charge is -2.46. The van der Waals surface area contributed by atoms with Gasteiger partial charge in [0.1, 0.15) is 17.5 Å². The smallest absolute Gasteiger partial charge is 0.490 e. The van der Waals surface area contributed by atoms with Crippen LogP contribution in [0.1, 0.15) is 12.0 Å². The minimum absolute atomic E-state index is 0.0831. The highest BCUT2D eigenvalue weighted by atomic mass is 19.4. The van der Waals surface area contributed by atoms with E-state index in [1.165, 1.54) is 13.2 Å². The van der Waals surface area contributed by atoms with Crippen LogP contribution in [0.3, 0.4) is 0 Å². The molecule has 0 bridgehead atoms. The van der Waals surface area contributed by atoms with Gasteiger partial charge in [0.2, 0.25) is 0 Å². The highest BCUT2D eigenvalue weighted by Crippen LogP contribution is 2.43. The zero-order chi connectivity index (χ0) is 20.4. The van der Waals surface area contributed by atoms with Crippen molar-refractivity contribution in [2.75, 3.05) is 25.1 Å². The van der Waals surface area contributed by atoms with E-state index < -0.39 is 17.1 Å². The number of anilines is 1. The molecule has 3 rings (SSSR count). The predicted octanol–water partition coefficient (Wildman–Crippen LogP) is 1.66. The van der Waals surface area contributed by atoms with Crippen LogP contribution < -0.4 is 15.0 Å². The lowest BCUT2D eigenvalue weighted by atomic mass is 9.94. The number of nitriles is 1. The van der Waals surface area contributed by atoms with Gasteiger partial charge in [0.05, 0.1) is 12.0 Å². The number of nitro benzene ring substituents is 1. The third-order valence-corrected chi connectivity index (χ3v) is 4.28. The lowest BCUT2D eigenvalue weighted by Crippen LogP contribution is -2.61. The van der Waals surface area contributed by atoms with E-state index in [2.05, 4.69) is 5.32 Å². The molecule has 0 amide bonds. The van der Waals surface area contributed by atoms with Gasteiger partial charge in [-0.05, 0) is 19.0 Å². The Morgan fingerprint density at radius 2 is 2.15 bits per heavy atom. The number of nitrogens with one attached hydrogen (secondary N) is 1. The number of benzene rings is 1. The van der Waals surface area contributed by atoms with Crippen molar-refractivity contribution in [3.8, 4) is 11.8 Å². The van der Waals surface area contributed by atoms with Crippen molar-refractivity contribution >= 4 is 17.3 Å². The molecule has 1 aromatic carbocycles. The molecule has 2 atom stereocenters. The average molecular weight is 388 g/mol. The van der Waals surface area contributed by atoms with Crippen LogP contribution in [0, 0.1) is 21.4 Å². The van der Waals surface area contributed by atoms with Crippen LogP contribution >= 0.6 is 0 Å². The molecule has 2 aliphatic heterocycles. The molecule has 0 aromatic heterocycles. The topological polar surface area (TPSA) is 129 Å². The van der Waals surface area contributed by atoms with Gasteiger partial charge in [-0.1, -0.05) is 0 Å². The Labute approximate surface area is 151 Å². The molecule has 0 saturated carbocycles. The van der Waals surface area contributed by atoms with Crippen LogP contribution in [-0.4, -0.2) is 54.5 Å². The molecule has 0 spiro atoms. The second-order valence-corrected chi connectivity index (χ2v) is 5.75. The third-order valence-electron chi connectivity index (χ3n) is 4.28. The molecule has 0 aliphatic carbocycles. The van der Waals surface area contributed by atoms with E-state index >= 15 is 0 Å². The first-order valence-electron chi connectivity index (χ1n) is 7.67. The molecule has 2 N–H and O–H groups in total. The summed E-state index contributed by atoms with van der Waals surface area (Å²) in [5.74, 6) is -2.25. The van der Waals surface area contributed by atoms with E-state index in [0.29, 0.717) is 17.5 Å². The number of carboxylic acid groups (broad SMARTS) is 1. The van der Waals surface area contributed by atoms with Gasteiger partial charge in [0, 0.05) is 24.7 Å². The summed E-state index contributed by atoms with van der Waals surface area (Å²) >= 11 is 0.